The summed E-state index contributed by atoms with van der Waals surface area (Å²) in [7, 11) is 1.94. The molecule has 3 rings (SSSR count). The Morgan fingerprint density at radius 1 is 1.33 bits per heavy atom. The highest BCUT2D eigenvalue weighted by molar-refractivity contribution is 6.30. The molecule has 24 heavy (non-hydrogen) atoms. The quantitative estimate of drug-likeness (QED) is 0.711. The number of pyridine rings is 1. The minimum atomic E-state index is -0.261. The van der Waals surface area contributed by atoms with E-state index < -0.39 is 0 Å². The van der Waals surface area contributed by atoms with Crippen molar-refractivity contribution in [2.45, 2.75) is 0 Å². The number of amides is 1. The van der Waals surface area contributed by atoms with Gasteiger partial charge in [-0.15, -0.1) is 0 Å². The second-order valence-electron chi connectivity index (χ2n) is 5.37. The molecule has 1 aromatic carbocycles. The Morgan fingerprint density at radius 3 is 2.92 bits per heavy atom. The minimum Gasteiger partial charge on any atom is -0.335 e. The van der Waals surface area contributed by atoms with Crippen molar-refractivity contribution in [3.05, 3.63) is 71.5 Å². The fourth-order valence-corrected chi connectivity index (χ4v) is 2.68. The number of hydrogen-bond acceptors (Lipinski definition) is 2. The molecule has 0 aliphatic heterocycles. The summed E-state index contributed by atoms with van der Waals surface area (Å²) in [6.45, 7) is 3.45. The summed E-state index contributed by atoms with van der Waals surface area (Å²) in [5.74, 6) is -0.261. The van der Waals surface area contributed by atoms with Gasteiger partial charge in [-0.05, 0) is 29.8 Å². The van der Waals surface area contributed by atoms with Crippen LogP contribution in [0.4, 0.5) is 5.69 Å². The van der Waals surface area contributed by atoms with Gasteiger partial charge in [0, 0.05) is 29.2 Å². The molecule has 0 radical (unpaired) electrons. The topological polar surface area (TPSA) is 46.9 Å². The van der Waals surface area contributed by atoms with Gasteiger partial charge in [0.2, 0.25) is 5.91 Å². The summed E-state index contributed by atoms with van der Waals surface area (Å²) in [5.41, 5.74) is 3.51. The number of fused-ring (bicyclic) bond motifs is 1. The first-order valence-corrected chi connectivity index (χ1v) is 7.77. The molecule has 5 heteroatoms. The number of aryl methyl sites for hydroxylation is 1. The molecule has 0 fully saturated rings. The van der Waals surface area contributed by atoms with Crippen LogP contribution in [0.5, 0.6) is 0 Å². The summed E-state index contributed by atoms with van der Waals surface area (Å²) in [5, 5.41) is 4.39. The molecule has 0 aliphatic carbocycles. The fraction of sp³-hybridized carbons (Fsp3) is 0.0526. The Labute approximate surface area is 145 Å². The minimum absolute atomic E-state index is 0.261. The molecule has 0 unspecified atom stereocenters. The molecule has 0 spiro atoms. The predicted octanol–water partition coefficient (Wildman–Crippen LogP) is 4.52. The Bertz CT molecular complexity index is 956. The highest BCUT2D eigenvalue weighted by atomic mass is 35.5. The number of nitrogens with zero attached hydrogens (tertiary/aromatic N) is 2. The van der Waals surface area contributed by atoms with Gasteiger partial charge in [0.05, 0.1) is 11.9 Å². The lowest BCUT2D eigenvalue weighted by Crippen LogP contribution is -2.07. The van der Waals surface area contributed by atoms with Crippen molar-refractivity contribution in [1.29, 1.82) is 0 Å². The van der Waals surface area contributed by atoms with Gasteiger partial charge < -0.3 is 9.88 Å². The third kappa shape index (κ3) is 3.39. The van der Waals surface area contributed by atoms with Gasteiger partial charge in [-0.25, -0.2) is 4.98 Å². The maximum atomic E-state index is 11.5. The molecule has 2 heterocycles. The van der Waals surface area contributed by atoms with Crippen LogP contribution in [0.1, 0.15) is 11.1 Å². The lowest BCUT2D eigenvalue weighted by molar-refractivity contribution is -0.111. The van der Waals surface area contributed by atoms with E-state index in [1.165, 1.54) is 6.08 Å². The zero-order chi connectivity index (χ0) is 17.1. The van der Waals surface area contributed by atoms with Crippen LogP contribution in [-0.4, -0.2) is 15.5 Å². The molecule has 0 atom stereocenters. The highest BCUT2D eigenvalue weighted by Gasteiger charge is 2.08. The van der Waals surface area contributed by atoms with Crippen LogP contribution in [0.15, 0.2) is 55.4 Å². The van der Waals surface area contributed by atoms with Crippen molar-refractivity contribution in [1.82, 2.24) is 9.55 Å². The van der Waals surface area contributed by atoms with E-state index in [2.05, 4.69) is 16.9 Å². The van der Waals surface area contributed by atoms with Gasteiger partial charge in [0.15, 0.2) is 0 Å². The number of nitrogens with one attached hydrogen (secondary N) is 1. The van der Waals surface area contributed by atoms with Crippen LogP contribution in [-0.2, 0) is 11.8 Å². The number of aromatic nitrogens is 2. The smallest absolute Gasteiger partial charge is 0.247 e. The molecule has 1 amide bonds. The normalized spacial score (nSPS) is 11.1. The van der Waals surface area contributed by atoms with Crippen molar-refractivity contribution >= 4 is 46.4 Å². The fourth-order valence-electron chi connectivity index (χ4n) is 2.48. The Hall–Kier alpha value is -2.85. The number of anilines is 1. The van der Waals surface area contributed by atoms with Gasteiger partial charge in [-0.3, -0.25) is 4.79 Å². The second kappa shape index (κ2) is 6.72. The number of halogens is 1. The molecular weight excluding hydrogens is 322 g/mol. The monoisotopic (exact) mass is 337 g/mol. The molecule has 1 N–H and O–H groups in total. The summed E-state index contributed by atoms with van der Waals surface area (Å²) >= 11 is 6.01. The van der Waals surface area contributed by atoms with Gasteiger partial charge in [0.25, 0.3) is 0 Å². The Morgan fingerprint density at radius 2 is 2.17 bits per heavy atom. The van der Waals surface area contributed by atoms with Crippen molar-refractivity contribution < 1.29 is 4.79 Å². The lowest BCUT2D eigenvalue weighted by Gasteiger charge is -2.02. The van der Waals surface area contributed by atoms with E-state index in [0.717, 1.165) is 22.2 Å². The van der Waals surface area contributed by atoms with Crippen LogP contribution in [0.3, 0.4) is 0 Å². The van der Waals surface area contributed by atoms with Crippen molar-refractivity contribution in [3.63, 3.8) is 0 Å². The zero-order valence-corrected chi connectivity index (χ0v) is 13.9. The van der Waals surface area contributed by atoms with Gasteiger partial charge in [-0.1, -0.05) is 42.5 Å². The van der Waals surface area contributed by atoms with E-state index in [0.29, 0.717) is 10.7 Å². The summed E-state index contributed by atoms with van der Waals surface area (Å²) in [6.07, 6.45) is 8.87. The van der Waals surface area contributed by atoms with Crippen LogP contribution in [0, 0.1) is 0 Å². The highest BCUT2D eigenvalue weighted by Crippen LogP contribution is 2.24. The van der Waals surface area contributed by atoms with E-state index in [1.54, 1.807) is 6.20 Å². The molecular formula is C19H16ClN3O. The molecule has 2 aromatic heterocycles. The lowest BCUT2D eigenvalue weighted by atomic mass is 10.1. The first-order chi connectivity index (χ1) is 11.6. The predicted molar refractivity (Wildman–Crippen MR) is 99.9 cm³/mol. The number of carbonyl (C=O) groups excluding carboxylic acids is 1. The van der Waals surface area contributed by atoms with Crippen molar-refractivity contribution in [2.75, 3.05) is 5.32 Å². The third-order valence-electron chi connectivity index (χ3n) is 3.60. The van der Waals surface area contributed by atoms with Crippen LogP contribution >= 0.6 is 11.6 Å². The molecule has 120 valence electrons. The van der Waals surface area contributed by atoms with Crippen LogP contribution in [0.25, 0.3) is 23.2 Å². The Kier molecular flexibility index (Phi) is 4.49. The van der Waals surface area contributed by atoms with E-state index in [1.807, 2.05) is 60.3 Å². The number of hydrogen-bond donors (Lipinski definition) is 1. The van der Waals surface area contributed by atoms with E-state index in [9.17, 15) is 4.79 Å². The van der Waals surface area contributed by atoms with Crippen LogP contribution < -0.4 is 5.32 Å². The second-order valence-corrected chi connectivity index (χ2v) is 5.81. The average molecular weight is 338 g/mol. The Balaban J connectivity index is 1.99. The molecule has 0 saturated heterocycles. The number of rotatable bonds is 4. The number of carbonyl (C=O) groups is 1. The van der Waals surface area contributed by atoms with E-state index in [4.69, 9.17) is 11.6 Å². The SMILES string of the molecule is C=CC(=O)Nc1cnc2c(c1)c(C=Cc1cccc(Cl)c1)cn2C. The maximum Gasteiger partial charge on any atom is 0.247 e. The summed E-state index contributed by atoms with van der Waals surface area (Å²) in [6, 6.07) is 9.55. The molecule has 3 aromatic rings. The van der Waals surface area contributed by atoms with Gasteiger partial charge in [-0.2, -0.15) is 0 Å². The van der Waals surface area contributed by atoms with Gasteiger partial charge >= 0.3 is 0 Å². The van der Waals surface area contributed by atoms with E-state index in [-0.39, 0.29) is 5.91 Å². The average Bonchev–Trinajstić information content (AvgIpc) is 2.88. The first kappa shape index (κ1) is 16.0. The molecule has 4 nitrogen and oxygen atoms in total. The summed E-state index contributed by atoms with van der Waals surface area (Å²) in [4.78, 5) is 15.9. The standard InChI is InChI=1S/C19H16ClN3O/c1-3-18(24)22-16-10-17-14(12-23(2)19(17)21-11-16)8-7-13-5-4-6-15(20)9-13/h3-12H,1H2,2H3,(H,22,24). The van der Waals surface area contributed by atoms with Crippen LogP contribution in [0.2, 0.25) is 5.02 Å². The largest absolute Gasteiger partial charge is 0.335 e. The van der Waals surface area contributed by atoms with Crippen molar-refractivity contribution in [2.24, 2.45) is 7.05 Å². The number of benzene rings is 1. The third-order valence-corrected chi connectivity index (χ3v) is 3.84. The first-order valence-electron chi connectivity index (χ1n) is 7.39. The van der Waals surface area contributed by atoms with Crippen molar-refractivity contribution in [3.8, 4) is 0 Å². The zero-order valence-electron chi connectivity index (χ0n) is 13.2. The summed E-state index contributed by atoms with van der Waals surface area (Å²) < 4.78 is 1.95. The molecule has 0 saturated carbocycles. The van der Waals surface area contributed by atoms with E-state index >= 15 is 0 Å². The molecule has 0 aliphatic rings. The molecule has 0 bridgehead atoms. The maximum absolute atomic E-state index is 11.5. The van der Waals surface area contributed by atoms with Gasteiger partial charge in [0.1, 0.15) is 5.65 Å².